The van der Waals surface area contributed by atoms with E-state index in [0.29, 0.717) is 12.3 Å². The molecule has 0 bridgehead atoms. The lowest BCUT2D eigenvalue weighted by Gasteiger charge is -2.35. The van der Waals surface area contributed by atoms with Crippen LogP contribution in [0.2, 0.25) is 0 Å². The summed E-state index contributed by atoms with van der Waals surface area (Å²) in [5.74, 6) is 0.326. The molecule has 4 heteroatoms. The van der Waals surface area contributed by atoms with Crippen LogP contribution in [0, 0.1) is 5.92 Å². The van der Waals surface area contributed by atoms with Gasteiger partial charge in [0.25, 0.3) is 0 Å². The SMILES string of the molecule is CC(C)(OC(=O)Cc1ccccc1Br)C1CC[NH2+]CC1. The maximum atomic E-state index is 12.2. The largest absolute Gasteiger partial charge is 0.459 e. The van der Waals surface area contributed by atoms with Gasteiger partial charge in [-0.2, -0.15) is 0 Å². The van der Waals surface area contributed by atoms with Crippen molar-refractivity contribution >= 4 is 21.9 Å². The molecule has 0 radical (unpaired) electrons. The van der Waals surface area contributed by atoms with Crippen LogP contribution in [0.5, 0.6) is 0 Å². The van der Waals surface area contributed by atoms with Crippen molar-refractivity contribution in [3.63, 3.8) is 0 Å². The predicted octanol–water partition coefficient (Wildman–Crippen LogP) is 2.29. The normalized spacial score (nSPS) is 16.9. The molecule has 1 fully saturated rings. The molecular formula is C16H23BrNO2+. The van der Waals surface area contributed by atoms with Crippen LogP contribution in [0.15, 0.2) is 28.7 Å². The van der Waals surface area contributed by atoms with Crippen molar-refractivity contribution in [2.75, 3.05) is 13.1 Å². The van der Waals surface area contributed by atoms with E-state index in [4.69, 9.17) is 4.74 Å². The molecule has 20 heavy (non-hydrogen) atoms. The lowest BCUT2D eigenvalue weighted by atomic mass is 9.83. The van der Waals surface area contributed by atoms with Crippen molar-refractivity contribution in [1.82, 2.24) is 0 Å². The van der Waals surface area contributed by atoms with E-state index in [0.717, 1.165) is 36.0 Å². The molecular weight excluding hydrogens is 318 g/mol. The van der Waals surface area contributed by atoms with E-state index in [-0.39, 0.29) is 11.6 Å². The molecule has 0 spiro atoms. The van der Waals surface area contributed by atoms with E-state index < -0.39 is 0 Å². The second kappa shape index (κ2) is 6.72. The summed E-state index contributed by atoms with van der Waals surface area (Å²) >= 11 is 3.47. The van der Waals surface area contributed by atoms with Crippen molar-refractivity contribution in [2.24, 2.45) is 5.92 Å². The highest BCUT2D eigenvalue weighted by atomic mass is 79.9. The van der Waals surface area contributed by atoms with Crippen LogP contribution in [0.1, 0.15) is 32.3 Å². The number of nitrogens with two attached hydrogens (primary N) is 1. The van der Waals surface area contributed by atoms with Crippen LogP contribution in [0.25, 0.3) is 0 Å². The number of hydrogen-bond acceptors (Lipinski definition) is 2. The van der Waals surface area contributed by atoms with Crippen molar-refractivity contribution in [2.45, 2.75) is 38.7 Å². The lowest BCUT2D eigenvalue weighted by molar-refractivity contribution is -0.665. The quantitative estimate of drug-likeness (QED) is 0.854. The summed E-state index contributed by atoms with van der Waals surface area (Å²) in [6.45, 7) is 6.35. The van der Waals surface area contributed by atoms with Gasteiger partial charge in [0.1, 0.15) is 5.60 Å². The van der Waals surface area contributed by atoms with Crippen LogP contribution >= 0.6 is 15.9 Å². The number of halogens is 1. The zero-order chi connectivity index (χ0) is 14.6. The van der Waals surface area contributed by atoms with Crippen LogP contribution in [-0.2, 0) is 16.0 Å². The number of piperidine rings is 1. The summed E-state index contributed by atoms with van der Waals surface area (Å²) in [5.41, 5.74) is 0.609. The average molecular weight is 341 g/mol. The van der Waals surface area contributed by atoms with E-state index in [2.05, 4.69) is 21.2 Å². The second-order valence-corrected chi connectivity index (χ2v) is 6.84. The number of ether oxygens (including phenoxy) is 1. The van der Waals surface area contributed by atoms with Gasteiger partial charge in [0.05, 0.1) is 19.5 Å². The van der Waals surface area contributed by atoms with Crippen LogP contribution in [-0.4, -0.2) is 24.7 Å². The van der Waals surface area contributed by atoms with E-state index in [1.807, 2.05) is 38.1 Å². The third-order valence-electron chi connectivity index (χ3n) is 4.09. The molecule has 110 valence electrons. The van der Waals surface area contributed by atoms with Gasteiger partial charge in [-0.3, -0.25) is 4.79 Å². The number of esters is 1. The fourth-order valence-corrected chi connectivity index (χ4v) is 3.26. The fourth-order valence-electron chi connectivity index (χ4n) is 2.83. The van der Waals surface area contributed by atoms with E-state index >= 15 is 0 Å². The zero-order valence-corrected chi connectivity index (χ0v) is 13.8. The number of carbonyl (C=O) groups is 1. The summed E-state index contributed by atoms with van der Waals surface area (Å²) in [5, 5.41) is 2.33. The van der Waals surface area contributed by atoms with Gasteiger partial charge in [0.2, 0.25) is 0 Å². The standard InChI is InChI=1S/C16H22BrNO2/c1-16(2,13-7-9-18-10-8-13)20-15(19)11-12-5-3-4-6-14(12)17/h3-6,13,18H,7-11H2,1-2H3/p+1. The van der Waals surface area contributed by atoms with Gasteiger partial charge in [-0.15, -0.1) is 0 Å². The fraction of sp³-hybridized carbons (Fsp3) is 0.562. The zero-order valence-electron chi connectivity index (χ0n) is 12.2. The molecule has 1 heterocycles. The number of quaternary nitrogens is 1. The molecule has 1 aliphatic rings. The minimum Gasteiger partial charge on any atom is -0.459 e. The van der Waals surface area contributed by atoms with Gasteiger partial charge in [-0.05, 0) is 25.5 Å². The first kappa shape index (κ1) is 15.5. The minimum atomic E-state index is -0.368. The maximum absolute atomic E-state index is 12.2. The summed E-state index contributed by atoms with van der Waals surface area (Å²) < 4.78 is 6.72. The Hall–Kier alpha value is -0.870. The minimum absolute atomic E-state index is 0.142. The van der Waals surface area contributed by atoms with Gasteiger partial charge < -0.3 is 10.1 Å². The van der Waals surface area contributed by atoms with Crippen molar-refractivity contribution in [3.8, 4) is 0 Å². The molecule has 0 atom stereocenters. The summed E-state index contributed by atoms with van der Waals surface area (Å²) in [7, 11) is 0. The first-order chi connectivity index (χ1) is 9.49. The molecule has 0 amide bonds. The molecule has 1 aliphatic heterocycles. The molecule has 0 saturated carbocycles. The molecule has 0 unspecified atom stereocenters. The Balaban J connectivity index is 1.94. The molecule has 1 aromatic rings. The third kappa shape index (κ3) is 4.06. The maximum Gasteiger partial charge on any atom is 0.310 e. The van der Waals surface area contributed by atoms with E-state index in [1.165, 1.54) is 0 Å². The summed E-state index contributed by atoms with van der Waals surface area (Å²) in [4.78, 5) is 12.2. The van der Waals surface area contributed by atoms with Gasteiger partial charge >= 0.3 is 5.97 Å². The molecule has 2 N–H and O–H groups in total. The lowest BCUT2D eigenvalue weighted by Crippen LogP contribution is -2.86. The Morgan fingerprint density at radius 1 is 1.35 bits per heavy atom. The van der Waals surface area contributed by atoms with Crippen LogP contribution in [0.3, 0.4) is 0 Å². The number of rotatable bonds is 4. The Morgan fingerprint density at radius 2 is 2.00 bits per heavy atom. The Kier molecular flexibility index (Phi) is 5.22. The average Bonchev–Trinajstić information content (AvgIpc) is 2.42. The van der Waals surface area contributed by atoms with E-state index in [1.54, 1.807) is 0 Å². The highest BCUT2D eigenvalue weighted by molar-refractivity contribution is 9.10. The Morgan fingerprint density at radius 3 is 2.65 bits per heavy atom. The first-order valence-corrected chi connectivity index (χ1v) is 8.05. The highest BCUT2D eigenvalue weighted by Gasteiger charge is 2.35. The smallest absolute Gasteiger partial charge is 0.310 e. The van der Waals surface area contributed by atoms with Crippen molar-refractivity contribution in [1.29, 1.82) is 0 Å². The van der Waals surface area contributed by atoms with E-state index in [9.17, 15) is 4.79 Å². The van der Waals surface area contributed by atoms with Gasteiger partial charge in [-0.1, -0.05) is 34.1 Å². The first-order valence-electron chi connectivity index (χ1n) is 7.26. The molecule has 0 aliphatic carbocycles. The summed E-state index contributed by atoms with van der Waals surface area (Å²) in [6, 6.07) is 7.79. The van der Waals surface area contributed by atoms with Crippen molar-refractivity contribution < 1.29 is 14.8 Å². The van der Waals surface area contributed by atoms with Crippen LogP contribution < -0.4 is 5.32 Å². The number of benzene rings is 1. The molecule has 3 nitrogen and oxygen atoms in total. The third-order valence-corrected chi connectivity index (χ3v) is 4.86. The molecule has 1 saturated heterocycles. The molecule has 1 aromatic carbocycles. The molecule has 2 rings (SSSR count). The monoisotopic (exact) mass is 340 g/mol. The number of hydrogen-bond donors (Lipinski definition) is 1. The topological polar surface area (TPSA) is 42.9 Å². The second-order valence-electron chi connectivity index (χ2n) is 5.99. The number of carbonyl (C=O) groups excluding carboxylic acids is 1. The van der Waals surface area contributed by atoms with Crippen molar-refractivity contribution in [3.05, 3.63) is 34.3 Å². The predicted molar refractivity (Wildman–Crippen MR) is 82.4 cm³/mol. The molecule has 0 aromatic heterocycles. The van der Waals surface area contributed by atoms with Gasteiger partial charge in [-0.25, -0.2) is 0 Å². The van der Waals surface area contributed by atoms with Gasteiger partial charge in [0.15, 0.2) is 0 Å². The van der Waals surface area contributed by atoms with Gasteiger partial charge in [0, 0.05) is 23.2 Å². The summed E-state index contributed by atoms with van der Waals surface area (Å²) in [6.07, 6.45) is 2.56. The van der Waals surface area contributed by atoms with Crippen LogP contribution in [0.4, 0.5) is 0 Å². The Bertz CT molecular complexity index is 467. The Labute approximate surface area is 129 Å². The highest BCUT2D eigenvalue weighted by Crippen LogP contribution is 2.28.